The van der Waals surface area contributed by atoms with Crippen molar-refractivity contribution in [1.29, 1.82) is 5.26 Å². The summed E-state index contributed by atoms with van der Waals surface area (Å²) in [5, 5.41) is 14.2. The third kappa shape index (κ3) is 2.36. The normalized spacial score (nSPS) is 15.6. The van der Waals surface area contributed by atoms with E-state index in [-0.39, 0.29) is 0 Å². The molecule has 1 aromatic heterocycles. The number of nitrogens with zero attached hydrogens (tertiary/aromatic N) is 3. The van der Waals surface area contributed by atoms with Gasteiger partial charge in [-0.25, -0.2) is 4.68 Å². The first kappa shape index (κ1) is 12.3. The van der Waals surface area contributed by atoms with Crippen LogP contribution in [0.4, 0.5) is 0 Å². The first-order valence-electron chi connectivity index (χ1n) is 6.54. The summed E-state index contributed by atoms with van der Waals surface area (Å²) in [5.74, 6) is 0.540. The summed E-state index contributed by atoms with van der Waals surface area (Å²) >= 11 is 6.27. The molecule has 0 amide bonds. The van der Waals surface area contributed by atoms with E-state index in [0.717, 1.165) is 11.4 Å². The molecule has 4 heteroatoms. The number of benzene rings is 1. The largest absolute Gasteiger partial charge is 0.222 e. The minimum absolute atomic E-state index is 0.540. The van der Waals surface area contributed by atoms with Gasteiger partial charge in [-0.15, -0.1) is 0 Å². The van der Waals surface area contributed by atoms with Gasteiger partial charge in [-0.2, -0.15) is 10.4 Å². The number of rotatable bonds is 2. The average molecular weight is 272 g/mol. The Morgan fingerprint density at radius 3 is 2.79 bits per heavy atom. The Labute approximate surface area is 117 Å². The number of aromatic nitrogens is 2. The maximum absolute atomic E-state index is 8.94. The van der Waals surface area contributed by atoms with Gasteiger partial charge >= 0.3 is 0 Å². The molecule has 1 fully saturated rings. The molecule has 2 aromatic rings. The standard InChI is InChI=1S/C15H14ClN3/c16-15-9-14(12-5-1-2-6-12)18-19(15)13-7-3-4-11(8-13)10-17/h3-4,7-9,12H,1-2,5-6H2. The van der Waals surface area contributed by atoms with Crippen molar-refractivity contribution in [2.45, 2.75) is 31.6 Å². The van der Waals surface area contributed by atoms with E-state index < -0.39 is 0 Å². The summed E-state index contributed by atoms with van der Waals surface area (Å²) in [5.41, 5.74) is 2.53. The predicted octanol–water partition coefficient (Wildman–Crippen LogP) is 4.05. The molecule has 19 heavy (non-hydrogen) atoms. The van der Waals surface area contributed by atoms with E-state index >= 15 is 0 Å². The fourth-order valence-electron chi connectivity index (χ4n) is 2.68. The summed E-state index contributed by atoms with van der Waals surface area (Å²) in [6, 6.07) is 11.4. The molecule has 1 aromatic carbocycles. The minimum atomic E-state index is 0.540. The molecule has 1 saturated carbocycles. The molecule has 3 rings (SSSR count). The zero-order valence-corrected chi connectivity index (χ0v) is 11.3. The minimum Gasteiger partial charge on any atom is -0.222 e. The van der Waals surface area contributed by atoms with Crippen LogP contribution in [-0.4, -0.2) is 9.78 Å². The first-order valence-corrected chi connectivity index (χ1v) is 6.92. The van der Waals surface area contributed by atoms with E-state index in [1.807, 2.05) is 18.2 Å². The fraction of sp³-hybridized carbons (Fsp3) is 0.333. The SMILES string of the molecule is N#Cc1cccc(-n2nc(C3CCCC3)cc2Cl)c1. The first-order chi connectivity index (χ1) is 9.28. The molecule has 0 radical (unpaired) electrons. The van der Waals surface area contributed by atoms with Crippen LogP contribution in [0.5, 0.6) is 0 Å². The lowest BCUT2D eigenvalue weighted by Gasteiger charge is -2.05. The summed E-state index contributed by atoms with van der Waals surface area (Å²) in [4.78, 5) is 0. The van der Waals surface area contributed by atoms with Crippen LogP contribution in [0.25, 0.3) is 5.69 Å². The molecule has 1 aliphatic carbocycles. The molecule has 0 aliphatic heterocycles. The highest BCUT2D eigenvalue weighted by Crippen LogP contribution is 2.34. The van der Waals surface area contributed by atoms with Crippen molar-refractivity contribution in [3.63, 3.8) is 0 Å². The van der Waals surface area contributed by atoms with E-state index in [4.69, 9.17) is 16.9 Å². The van der Waals surface area contributed by atoms with E-state index in [2.05, 4.69) is 11.2 Å². The van der Waals surface area contributed by atoms with Crippen LogP contribution in [0, 0.1) is 11.3 Å². The quantitative estimate of drug-likeness (QED) is 0.827. The monoisotopic (exact) mass is 271 g/mol. The third-order valence-electron chi connectivity index (χ3n) is 3.68. The fourth-order valence-corrected chi connectivity index (χ4v) is 2.93. The zero-order chi connectivity index (χ0) is 13.2. The molecule has 1 aliphatic rings. The van der Waals surface area contributed by atoms with Crippen LogP contribution in [0.15, 0.2) is 30.3 Å². The molecule has 3 nitrogen and oxygen atoms in total. The Morgan fingerprint density at radius 1 is 1.26 bits per heavy atom. The van der Waals surface area contributed by atoms with Crippen molar-refractivity contribution in [3.8, 4) is 11.8 Å². The Bertz CT molecular complexity index is 633. The second kappa shape index (κ2) is 5.07. The van der Waals surface area contributed by atoms with Gasteiger partial charge in [0.2, 0.25) is 0 Å². The number of hydrogen-bond donors (Lipinski definition) is 0. The van der Waals surface area contributed by atoms with E-state index in [1.54, 1.807) is 16.8 Å². The van der Waals surface area contributed by atoms with Gasteiger partial charge in [-0.1, -0.05) is 30.5 Å². The Balaban J connectivity index is 1.98. The second-order valence-corrected chi connectivity index (χ2v) is 5.33. The molecule has 0 atom stereocenters. The predicted molar refractivity (Wildman–Crippen MR) is 74.5 cm³/mol. The summed E-state index contributed by atoms with van der Waals surface area (Å²) in [6.07, 6.45) is 4.95. The van der Waals surface area contributed by atoms with Gasteiger partial charge in [0.1, 0.15) is 5.15 Å². The van der Waals surface area contributed by atoms with Crippen molar-refractivity contribution in [3.05, 3.63) is 46.7 Å². The van der Waals surface area contributed by atoms with Crippen LogP contribution < -0.4 is 0 Å². The van der Waals surface area contributed by atoms with Gasteiger partial charge in [-0.3, -0.25) is 0 Å². The van der Waals surface area contributed by atoms with Crippen molar-refractivity contribution < 1.29 is 0 Å². The Hall–Kier alpha value is -1.79. The van der Waals surface area contributed by atoms with Crippen LogP contribution in [0.2, 0.25) is 5.15 Å². The molecule has 0 unspecified atom stereocenters. The lowest BCUT2D eigenvalue weighted by molar-refractivity contribution is 0.679. The van der Waals surface area contributed by atoms with Crippen LogP contribution >= 0.6 is 11.6 Å². The van der Waals surface area contributed by atoms with Gasteiger partial charge in [0.05, 0.1) is 23.0 Å². The summed E-state index contributed by atoms with van der Waals surface area (Å²) < 4.78 is 1.72. The zero-order valence-electron chi connectivity index (χ0n) is 10.5. The van der Waals surface area contributed by atoms with Gasteiger partial charge in [-0.05, 0) is 37.1 Å². The Morgan fingerprint density at radius 2 is 2.05 bits per heavy atom. The average Bonchev–Trinajstić information content (AvgIpc) is 3.07. The summed E-state index contributed by atoms with van der Waals surface area (Å²) in [6.45, 7) is 0. The highest BCUT2D eigenvalue weighted by Gasteiger charge is 2.21. The molecule has 0 N–H and O–H groups in total. The van der Waals surface area contributed by atoms with Gasteiger partial charge in [0, 0.05) is 5.92 Å². The molecule has 1 heterocycles. The highest BCUT2D eigenvalue weighted by molar-refractivity contribution is 6.29. The van der Waals surface area contributed by atoms with Crippen molar-refractivity contribution in [2.24, 2.45) is 0 Å². The molecular formula is C15H14ClN3. The molecule has 0 saturated heterocycles. The van der Waals surface area contributed by atoms with Crippen LogP contribution in [-0.2, 0) is 0 Å². The van der Waals surface area contributed by atoms with E-state index in [0.29, 0.717) is 16.6 Å². The number of nitriles is 1. The van der Waals surface area contributed by atoms with Crippen LogP contribution in [0.1, 0.15) is 42.9 Å². The lowest BCUT2D eigenvalue weighted by Crippen LogP contribution is -1.99. The second-order valence-electron chi connectivity index (χ2n) is 4.95. The maximum atomic E-state index is 8.94. The van der Waals surface area contributed by atoms with Crippen molar-refractivity contribution in [2.75, 3.05) is 0 Å². The molecule has 0 spiro atoms. The van der Waals surface area contributed by atoms with Crippen LogP contribution in [0.3, 0.4) is 0 Å². The van der Waals surface area contributed by atoms with Gasteiger partial charge < -0.3 is 0 Å². The van der Waals surface area contributed by atoms with Gasteiger partial charge in [0.15, 0.2) is 0 Å². The maximum Gasteiger partial charge on any atom is 0.133 e. The molecule has 0 bridgehead atoms. The smallest absolute Gasteiger partial charge is 0.133 e. The number of hydrogen-bond acceptors (Lipinski definition) is 2. The van der Waals surface area contributed by atoms with Gasteiger partial charge in [0.25, 0.3) is 0 Å². The van der Waals surface area contributed by atoms with Crippen molar-refractivity contribution in [1.82, 2.24) is 9.78 Å². The van der Waals surface area contributed by atoms with E-state index in [1.165, 1.54) is 25.7 Å². The summed E-state index contributed by atoms with van der Waals surface area (Å²) in [7, 11) is 0. The lowest BCUT2D eigenvalue weighted by atomic mass is 10.1. The molecular weight excluding hydrogens is 258 g/mol. The third-order valence-corrected chi connectivity index (χ3v) is 3.95. The highest BCUT2D eigenvalue weighted by atomic mass is 35.5. The molecule has 96 valence electrons. The van der Waals surface area contributed by atoms with Crippen molar-refractivity contribution >= 4 is 11.6 Å². The Kier molecular flexibility index (Phi) is 3.27. The number of halogens is 1. The van der Waals surface area contributed by atoms with E-state index in [9.17, 15) is 0 Å². The topological polar surface area (TPSA) is 41.6 Å².